The van der Waals surface area contributed by atoms with Crippen molar-refractivity contribution in [2.45, 2.75) is 57.8 Å². The average Bonchev–Trinajstić information content (AvgIpc) is 2.35. The van der Waals surface area contributed by atoms with Gasteiger partial charge in [-0.25, -0.2) is 9.35 Å². The summed E-state index contributed by atoms with van der Waals surface area (Å²) in [5.41, 5.74) is 0.940. The Hall–Kier alpha value is -1.20. The molecule has 0 radical (unpaired) electrons. The highest BCUT2D eigenvalue weighted by atomic mass is 32.2. The maximum atomic E-state index is 12.5. The molecule has 1 aromatic carbocycles. The zero-order valence-corrected chi connectivity index (χ0v) is 14.4. The van der Waals surface area contributed by atoms with Crippen molar-refractivity contribution < 1.29 is 9.00 Å². The van der Waals surface area contributed by atoms with Crippen LogP contribution in [0.15, 0.2) is 33.5 Å². The number of benzene rings is 1. The second-order valence-corrected chi connectivity index (χ2v) is 8.56. The highest BCUT2D eigenvalue weighted by Gasteiger charge is 2.17. The fourth-order valence-corrected chi connectivity index (χ4v) is 2.87. The Morgan fingerprint density at radius 2 is 1.95 bits per heavy atom. The summed E-state index contributed by atoms with van der Waals surface area (Å²) >= 11 is 0. The largest absolute Gasteiger partial charge is 0.272 e. The van der Waals surface area contributed by atoms with Crippen LogP contribution < -0.4 is 5.14 Å². The van der Waals surface area contributed by atoms with Gasteiger partial charge in [-0.3, -0.25) is 4.79 Å². The fourth-order valence-electron chi connectivity index (χ4n) is 1.81. The molecule has 0 spiro atoms. The lowest BCUT2D eigenvalue weighted by Crippen LogP contribution is -2.17. The van der Waals surface area contributed by atoms with Crippen LogP contribution >= 0.6 is 0 Å². The van der Waals surface area contributed by atoms with Crippen LogP contribution in [0.25, 0.3) is 0 Å². The maximum Gasteiger partial charge on any atom is 0.255 e. The second kappa shape index (κ2) is 6.71. The Morgan fingerprint density at radius 1 is 1.33 bits per heavy atom. The lowest BCUT2D eigenvalue weighted by Gasteiger charge is -2.19. The Kier molecular flexibility index (Phi) is 5.70. The summed E-state index contributed by atoms with van der Waals surface area (Å²) in [6.07, 6.45) is 1.00. The predicted molar refractivity (Wildman–Crippen MR) is 87.2 cm³/mol. The monoisotopic (exact) mass is 310 g/mol. The topological polar surface area (TPSA) is 72.5 Å². The maximum absolute atomic E-state index is 12.5. The highest BCUT2D eigenvalue weighted by molar-refractivity contribution is 7.91. The Bertz CT molecular complexity index is 621. The molecule has 0 aromatic heterocycles. The molecule has 0 bridgehead atoms. The molecule has 118 valence electrons. The van der Waals surface area contributed by atoms with Crippen molar-refractivity contribution in [2.24, 2.45) is 15.4 Å². The number of carbonyl (C=O) groups excluding carboxylic acids is 1. The van der Waals surface area contributed by atoms with Crippen molar-refractivity contribution in [3.05, 3.63) is 29.8 Å². The van der Waals surface area contributed by atoms with Crippen molar-refractivity contribution in [2.75, 3.05) is 0 Å². The van der Waals surface area contributed by atoms with E-state index in [9.17, 15) is 9.00 Å². The molecule has 1 amide bonds. The van der Waals surface area contributed by atoms with Crippen LogP contribution in [0.5, 0.6) is 0 Å². The van der Waals surface area contributed by atoms with Gasteiger partial charge in [0, 0.05) is 6.42 Å². The molecule has 21 heavy (non-hydrogen) atoms. The Morgan fingerprint density at radius 3 is 2.48 bits per heavy atom. The molecule has 0 aliphatic heterocycles. The second-order valence-electron chi connectivity index (χ2n) is 6.76. The van der Waals surface area contributed by atoms with Crippen LogP contribution in [0.1, 0.15) is 53.0 Å². The van der Waals surface area contributed by atoms with Gasteiger partial charge in [0.25, 0.3) is 5.91 Å². The van der Waals surface area contributed by atoms with Crippen molar-refractivity contribution in [3.63, 3.8) is 0 Å². The van der Waals surface area contributed by atoms with Gasteiger partial charge in [-0.1, -0.05) is 46.8 Å². The molecule has 1 unspecified atom stereocenters. The van der Waals surface area contributed by atoms with Gasteiger partial charge in [0.1, 0.15) is 9.92 Å². The summed E-state index contributed by atoms with van der Waals surface area (Å²) in [5, 5.41) is 5.80. The normalized spacial score (nSPS) is 14.8. The summed E-state index contributed by atoms with van der Waals surface area (Å²) in [7, 11) is -3.16. The molecule has 4 nitrogen and oxygen atoms in total. The predicted octanol–water partition coefficient (Wildman–Crippen LogP) is 3.65. The molecule has 1 aromatic rings. The van der Waals surface area contributed by atoms with E-state index in [1.54, 1.807) is 18.2 Å². The van der Waals surface area contributed by atoms with Crippen LogP contribution in [-0.2, 0) is 20.1 Å². The van der Waals surface area contributed by atoms with E-state index in [0.717, 1.165) is 12.0 Å². The minimum absolute atomic E-state index is 0.0762. The summed E-state index contributed by atoms with van der Waals surface area (Å²) in [6.45, 7) is 10.2. The summed E-state index contributed by atoms with van der Waals surface area (Å²) in [5.74, 6) is 0.0135. The van der Waals surface area contributed by atoms with Crippen LogP contribution in [0, 0.1) is 5.92 Å². The minimum Gasteiger partial charge on any atom is -0.272 e. The third-order valence-electron chi connectivity index (χ3n) is 3.21. The number of amides is 1. The number of hydrogen-bond acceptors (Lipinski definition) is 2. The molecule has 0 saturated heterocycles. The molecule has 5 heteroatoms. The smallest absolute Gasteiger partial charge is 0.255 e. The van der Waals surface area contributed by atoms with Gasteiger partial charge in [-0.05, 0) is 35.4 Å². The van der Waals surface area contributed by atoms with Crippen LogP contribution in [0.2, 0.25) is 0 Å². The van der Waals surface area contributed by atoms with Gasteiger partial charge in [0.15, 0.2) is 0 Å². The first kappa shape index (κ1) is 17.9. The molecule has 0 heterocycles. The standard InChI is InChI=1S/C16H26N2O2S/c1-12(2)9-10-15(19)18-21(17,20)14-8-6-7-13(11-14)16(3,4)5/h6-8,11-12H,9-10H2,1-5H3,(H2,17,18,19,20). The van der Waals surface area contributed by atoms with Crippen molar-refractivity contribution >= 4 is 15.8 Å². The van der Waals surface area contributed by atoms with Crippen molar-refractivity contribution in [1.29, 1.82) is 0 Å². The first-order valence-corrected chi connectivity index (χ1v) is 8.78. The van der Waals surface area contributed by atoms with E-state index < -0.39 is 15.8 Å². The average molecular weight is 310 g/mol. The Balaban J connectivity index is 3.08. The van der Waals surface area contributed by atoms with E-state index in [1.807, 2.05) is 19.9 Å². The lowest BCUT2D eigenvalue weighted by molar-refractivity contribution is -0.117. The number of nitrogens with zero attached hydrogens (tertiary/aromatic N) is 1. The number of hydrogen-bond donors (Lipinski definition) is 1. The number of nitrogens with two attached hydrogens (primary N) is 1. The molecule has 0 aliphatic rings. The zero-order valence-electron chi connectivity index (χ0n) is 13.6. The van der Waals surface area contributed by atoms with Crippen molar-refractivity contribution in [3.8, 4) is 0 Å². The van der Waals surface area contributed by atoms with E-state index in [2.05, 4.69) is 25.1 Å². The van der Waals surface area contributed by atoms with Gasteiger partial charge in [0.05, 0.1) is 4.90 Å². The third-order valence-corrected chi connectivity index (χ3v) is 4.62. The van der Waals surface area contributed by atoms with E-state index in [4.69, 9.17) is 5.14 Å². The summed E-state index contributed by atoms with van der Waals surface area (Å²) in [6, 6.07) is 7.20. The van der Waals surface area contributed by atoms with Crippen LogP contribution in [0.4, 0.5) is 0 Å². The summed E-state index contributed by atoms with van der Waals surface area (Å²) in [4.78, 5) is 12.2. The van der Waals surface area contributed by atoms with Gasteiger partial charge >= 0.3 is 0 Å². The molecular formula is C16H26N2O2S. The first-order chi connectivity index (χ1) is 9.52. The van der Waals surface area contributed by atoms with Gasteiger partial charge in [-0.15, -0.1) is 4.36 Å². The molecular weight excluding hydrogens is 284 g/mol. The quantitative estimate of drug-likeness (QED) is 0.922. The third kappa shape index (κ3) is 5.59. The molecule has 2 N–H and O–H groups in total. The highest BCUT2D eigenvalue weighted by Crippen LogP contribution is 2.24. The van der Waals surface area contributed by atoms with Crippen molar-refractivity contribution in [1.82, 2.24) is 0 Å². The van der Waals surface area contributed by atoms with Gasteiger partial charge < -0.3 is 0 Å². The first-order valence-electron chi connectivity index (χ1n) is 7.20. The molecule has 1 rings (SSSR count). The number of carbonyl (C=O) groups is 1. The van der Waals surface area contributed by atoms with Crippen LogP contribution in [-0.4, -0.2) is 10.1 Å². The minimum atomic E-state index is -3.16. The fraction of sp³-hybridized carbons (Fsp3) is 0.562. The summed E-state index contributed by atoms with van der Waals surface area (Å²) < 4.78 is 16.3. The van der Waals surface area contributed by atoms with E-state index >= 15 is 0 Å². The molecule has 0 fully saturated rings. The molecule has 1 atom stereocenters. The van der Waals surface area contributed by atoms with Gasteiger partial charge in [0.2, 0.25) is 0 Å². The van der Waals surface area contributed by atoms with E-state index in [0.29, 0.717) is 10.8 Å². The van der Waals surface area contributed by atoms with E-state index in [1.165, 1.54) is 0 Å². The SMILES string of the molecule is CC(C)CCC(=O)N=S(N)(=O)c1cccc(C(C)(C)C)c1. The Labute approximate surface area is 128 Å². The zero-order chi connectivity index (χ0) is 16.3. The van der Waals surface area contributed by atoms with Crippen LogP contribution in [0.3, 0.4) is 0 Å². The lowest BCUT2D eigenvalue weighted by atomic mass is 9.87. The number of rotatable bonds is 4. The van der Waals surface area contributed by atoms with E-state index in [-0.39, 0.29) is 11.8 Å². The van der Waals surface area contributed by atoms with Gasteiger partial charge in [-0.2, -0.15) is 0 Å². The molecule has 0 aliphatic carbocycles. The molecule has 0 saturated carbocycles.